The van der Waals surface area contributed by atoms with Gasteiger partial charge in [-0.15, -0.1) is 4.89 Å². The Balaban J connectivity index is 1.86. The summed E-state index contributed by atoms with van der Waals surface area (Å²) < 4.78 is 14.2. The van der Waals surface area contributed by atoms with Gasteiger partial charge >= 0.3 is 0 Å². The highest BCUT2D eigenvalue weighted by atomic mass is 17.3. The van der Waals surface area contributed by atoms with Crippen LogP contribution in [0.15, 0.2) is 18.7 Å². The topological polar surface area (TPSA) is 45.7 Å². The van der Waals surface area contributed by atoms with Crippen molar-refractivity contribution in [3.8, 4) is 0 Å². The highest BCUT2D eigenvalue weighted by molar-refractivity contribution is 4.59. The fourth-order valence-corrected chi connectivity index (χ4v) is 1.37. The van der Waals surface area contributed by atoms with Crippen LogP contribution < -0.4 is 9.56 Å². The third-order valence-electron chi connectivity index (χ3n) is 2.50. The molecular weight excluding hydrogens is 248 g/mol. The van der Waals surface area contributed by atoms with Gasteiger partial charge in [-0.05, 0) is 18.1 Å². The monoisotopic (exact) mass is 273 g/mol. The van der Waals surface area contributed by atoms with Crippen molar-refractivity contribution >= 4 is 0 Å². The second-order valence-electron chi connectivity index (χ2n) is 4.08. The molecule has 0 fully saturated rings. The van der Waals surface area contributed by atoms with Crippen LogP contribution >= 0.6 is 0 Å². The Kier molecular flexibility index (Phi) is 9.05. The minimum Gasteiger partial charge on any atom is -0.379 e. The summed E-state index contributed by atoms with van der Waals surface area (Å²) in [6.07, 6.45) is 7.76. The van der Waals surface area contributed by atoms with E-state index in [9.17, 15) is 0 Å². The Morgan fingerprint density at radius 3 is 2.42 bits per heavy atom. The van der Waals surface area contributed by atoms with E-state index in [2.05, 4.69) is 13.8 Å². The molecule has 1 aromatic rings. The van der Waals surface area contributed by atoms with Crippen molar-refractivity contribution < 1.29 is 23.9 Å². The first-order valence-corrected chi connectivity index (χ1v) is 6.89. The van der Waals surface area contributed by atoms with E-state index in [1.807, 2.05) is 17.1 Å². The van der Waals surface area contributed by atoms with Crippen LogP contribution in [0.5, 0.6) is 0 Å². The zero-order valence-corrected chi connectivity index (χ0v) is 11.9. The maximum atomic E-state index is 5.36. The number of hydrogen-bond acceptors (Lipinski definition) is 4. The molecule has 1 aromatic heterocycles. The maximum absolute atomic E-state index is 5.36. The Hall–Kier alpha value is -1.11. The van der Waals surface area contributed by atoms with Crippen molar-refractivity contribution in [3.05, 3.63) is 18.7 Å². The Labute approximate surface area is 114 Å². The van der Waals surface area contributed by atoms with Gasteiger partial charge in [-0.25, -0.2) is 4.57 Å². The lowest BCUT2D eigenvalue weighted by Gasteiger charge is -2.04. The number of nitrogens with zero attached hydrogens (tertiary/aromatic N) is 2. The van der Waals surface area contributed by atoms with E-state index >= 15 is 0 Å². The van der Waals surface area contributed by atoms with Crippen molar-refractivity contribution in [2.45, 2.75) is 33.2 Å². The van der Waals surface area contributed by atoms with Crippen molar-refractivity contribution in [1.82, 2.24) is 4.73 Å². The lowest BCUT2D eigenvalue weighted by molar-refractivity contribution is -0.694. The number of aryl methyl sites for hydroxylation is 1. The average Bonchev–Trinajstić information content (AvgIpc) is 2.89. The molecule has 0 radical (unpaired) electrons. The van der Waals surface area contributed by atoms with E-state index in [1.54, 1.807) is 6.20 Å². The molecule has 0 spiro atoms. The summed E-state index contributed by atoms with van der Waals surface area (Å²) >= 11 is 0. The first-order valence-electron chi connectivity index (χ1n) is 6.89. The van der Waals surface area contributed by atoms with Gasteiger partial charge < -0.3 is 9.47 Å². The van der Waals surface area contributed by atoms with Crippen LogP contribution in [-0.4, -0.2) is 37.8 Å². The van der Waals surface area contributed by atoms with Crippen molar-refractivity contribution in [3.63, 3.8) is 0 Å². The number of rotatable bonds is 12. The van der Waals surface area contributed by atoms with Gasteiger partial charge in [0.2, 0.25) is 0 Å². The molecular formula is C13H25N2O4+. The van der Waals surface area contributed by atoms with Gasteiger partial charge in [-0.3, -0.25) is 0 Å². The second-order valence-corrected chi connectivity index (χ2v) is 4.08. The Bertz CT molecular complexity index is 317. The van der Waals surface area contributed by atoms with E-state index in [4.69, 9.17) is 19.3 Å². The summed E-state index contributed by atoms with van der Waals surface area (Å²) in [4.78, 5) is 10.0. The molecule has 0 N–H and O–H groups in total. The normalized spacial score (nSPS) is 10.8. The minimum atomic E-state index is 0.388. The highest BCUT2D eigenvalue weighted by Crippen LogP contribution is 1.88. The molecule has 0 amide bonds. The van der Waals surface area contributed by atoms with Crippen molar-refractivity contribution in [1.29, 1.82) is 0 Å². The molecule has 0 bridgehead atoms. The number of hydrogen-bond donors (Lipinski definition) is 0. The molecule has 1 heterocycles. The van der Waals surface area contributed by atoms with Crippen molar-refractivity contribution in [2.24, 2.45) is 0 Å². The molecule has 6 heteroatoms. The summed E-state index contributed by atoms with van der Waals surface area (Å²) in [5, 5.41) is 0. The SMILES string of the molecule is CCCCOCCOCCOOn1cc[n+](CC)c1. The van der Waals surface area contributed by atoms with Crippen LogP contribution in [0.1, 0.15) is 26.7 Å². The van der Waals surface area contributed by atoms with Crippen LogP contribution in [0, 0.1) is 0 Å². The number of ether oxygens (including phenoxy) is 2. The summed E-state index contributed by atoms with van der Waals surface area (Å²) in [5.74, 6) is 0. The molecule has 1 rings (SSSR count). The van der Waals surface area contributed by atoms with Crippen LogP contribution in [0.2, 0.25) is 0 Å². The molecule has 0 aliphatic carbocycles. The lowest BCUT2D eigenvalue weighted by Crippen LogP contribution is -2.29. The standard InChI is InChI=1S/C13H25N2O4/c1-3-5-8-16-9-10-17-11-12-18-19-15-7-6-14(4-2)13-15/h6-7,13H,3-5,8-12H2,1-2H3/q+1. The van der Waals surface area contributed by atoms with Crippen LogP contribution in [0.3, 0.4) is 0 Å². The highest BCUT2D eigenvalue weighted by Gasteiger charge is 2.02. The first-order chi connectivity index (χ1) is 9.36. The van der Waals surface area contributed by atoms with Gasteiger partial charge in [-0.2, -0.15) is 4.99 Å². The quantitative estimate of drug-likeness (QED) is 0.247. The summed E-state index contributed by atoms with van der Waals surface area (Å²) in [6, 6.07) is 0. The predicted octanol–water partition coefficient (Wildman–Crippen LogP) is 0.989. The van der Waals surface area contributed by atoms with Crippen LogP contribution in [0.4, 0.5) is 0 Å². The molecule has 0 unspecified atom stereocenters. The maximum Gasteiger partial charge on any atom is 0.288 e. The van der Waals surface area contributed by atoms with Gasteiger partial charge in [0.1, 0.15) is 12.8 Å². The first kappa shape index (κ1) is 15.9. The molecule has 0 aromatic carbocycles. The summed E-state index contributed by atoms with van der Waals surface area (Å²) in [5.41, 5.74) is 0. The van der Waals surface area contributed by atoms with E-state index in [-0.39, 0.29) is 0 Å². The Morgan fingerprint density at radius 1 is 1.00 bits per heavy atom. The van der Waals surface area contributed by atoms with Crippen LogP contribution in [-0.2, 0) is 20.9 Å². The van der Waals surface area contributed by atoms with Crippen molar-refractivity contribution in [2.75, 3.05) is 33.0 Å². The average molecular weight is 273 g/mol. The zero-order chi connectivity index (χ0) is 13.8. The number of imidazole rings is 1. The van der Waals surface area contributed by atoms with E-state index in [0.717, 1.165) is 26.0 Å². The largest absolute Gasteiger partial charge is 0.379 e. The molecule has 110 valence electrons. The molecule has 6 nitrogen and oxygen atoms in total. The number of unbranched alkanes of at least 4 members (excludes halogenated alkanes) is 1. The van der Waals surface area contributed by atoms with Gasteiger partial charge in [-0.1, -0.05) is 13.3 Å². The van der Waals surface area contributed by atoms with Gasteiger partial charge in [0.15, 0.2) is 6.20 Å². The van der Waals surface area contributed by atoms with E-state index < -0.39 is 0 Å². The second kappa shape index (κ2) is 10.8. The predicted molar refractivity (Wildman–Crippen MR) is 69.4 cm³/mol. The smallest absolute Gasteiger partial charge is 0.288 e. The molecule has 19 heavy (non-hydrogen) atoms. The molecule has 0 aliphatic rings. The fraction of sp³-hybridized carbons (Fsp3) is 0.769. The minimum absolute atomic E-state index is 0.388. The number of aromatic nitrogens is 2. The van der Waals surface area contributed by atoms with Gasteiger partial charge in [0.05, 0.1) is 26.4 Å². The third-order valence-corrected chi connectivity index (χ3v) is 2.50. The zero-order valence-electron chi connectivity index (χ0n) is 11.9. The Morgan fingerprint density at radius 2 is 1.74 bits per heavy atom. The third kappa shape index (κ3) is 7.81. The molecule has 0 atom stereocenters. The van der Waals surface area contributed by atoms with E-state index in [1.165, 1.54) is 4.73 Å². The van der Waals surface area contributed by atoms with Crippen LogP contribution in [0.25, 0.3) is 0 Å². The van der Waals surface area contributed by atoms with E-state index in [0.29, 0.717) is 26.4 Å². The molecule has 0 saturated carbocycles. The lowest BCUT2D eigenvalue weighted by atomic mass is 10.4. The van der Waals surface area contributed by atoms with Gasteiger partial charge in [0.25, 0.3) is 6.33 Å². The summed E-state index contributed by atoms with van der Waals surface area (Å²) in [6.45, 7) is 8.01. The summed E-state index contributed by atoms with van der Waals surface area (Å²) in [7, 11) is 0. The molecule has 0 aliphatic heterocycles. The molecule has 0 saturated heterocycles. The fourth-order valence-electron chi connectivity index (χ4n) is 1.37. The van der Waals surface area contributed by atoms with Gasteiger partial charge in [0, 0.05) is 6.61 Å².